The van der Waals surface area contributed by atoms with Crippen LogP contribution in [0.5, 0.6) is 0 Å². The molecule has 8 heteroatoms. The Balaban J connectivity index is 1.26. The van der Waals surface area contributed by atoms with Gasteiger partial charge in [-0.15, -0.1) is 0 Å². The van der Waals surface area contributed by atoms with Crippen molar-refractivity contribution < 1.29 is 13.2 Å². The minimum absolute atomic E-state index is 0.0172. The number of aromatic nitrogens is 2. The van der Waals surface area contributed by atoms with E-state index in [1.807, 2.05) is 42.3 Å². The molecule has 0 N–H and O–H groups in total. The summed E-state index contributed by atoms with van der Waals surface area (Å²) in [5.74, 6) is 0.767. The van der Waals surface area contributed by atoms with Gasteiger partial charge in [-0.05, 0) is 37.9 Å². The number of amides is 1. The van der Waals surface area contributed by atoms with E-state index in [1.165, 1.54) is 5.56 Å². The number of carbonyl (C=O) groups is 1. The summed E-state index contributed by atoms with van der Waals surface area (Å²) < 4.78 is 25.4. The molecular formula is C22H30N4O3S. The third-order valence-corrected chi connectivity index (χ3v) is 8.02. The van der Waals surface area contributed by atoms with E-state index in [1.54, 1.807) is 4.90 Å². The minimum atomic E-state index is -2.87. The molecule has 0 radical (unpaired) electrons. The van der Waals surface area contributed by atoms with Crippen LogP contribution >= 0.6 is 0 Å². The average Bonchev–Trinajstić information content (AvgIpc) is 3.33. The van der Waals surface area contributed by atoms with Gasteiger partial charge < -0.3 is 4.90 Å². The molecule has 2 aliphatic heterocycles. The molecule has 2 aromatic rings. The highest BCUT2D eigenvalue weighted by Crippen LogP contribution is 2.25. The number of nitrogens with zero attached hydrogens (tertiary/aromatic N) is 4. The Labute approximate surface area is 178 Å². The Hall–Kier alpha value is -2.19. The molecule has 2 fully saturated rings. The number of benzene rings is 1. The van der Waals surface area contributed by atoms with Gasteiger partial charge in [0.05, 0.1) is 24.2 Å². The molecule has 1 atom stereocenters. The molecule has 0 bridgehead atoms. The second-order valence-electron chi connectivity index (χ2n) is 8.59. The van der Waals surface area contributed by atoms with Gasteiger partial charge in [0.2, 0.25) is 5.91 Å². The van der Waals surface area contributed by atoms with Crippen LogP contribution in [0.2, 0.25) is 0 Å². The molecule has 4 rings (SSSR count). The molecule has 0 saturated carbocycles. The topological polar surface area (TPSA) is 75.5 Å². The second kappa shape index (κ2) is 8.89. The lowest BCUT2D eigenvalue weighted by Gasteiger charge is -2.36. The maximum atomic E-state index is 12.9. The molecule has 7 nitrogen and oxygen atoms in total. The second-order valence-corrected chi connectivity index (χ2v) is 10.8. The highest BCUT2D eigenvalue weighted by atomic mass is 32.2. The Bertz CT molecular complexity index is 965. The molecule has 2 saturated heterocycles. The van der Waals surface area contributed by atoms with Crippen molar-refractivity contribution >= 4 is 15.7 Å². The molecule has 30 heavy (non-hydrogen) atoms. The van der Waals surface area contributed by atoms with Crippen LogP contribution in [-0.4, -0.2) is 71.6 Å². The zero-order valence-electron chi connectivity index (χ0n) is 17.5. The number of hydrogen-bond donors (Lipinski definition) is 0. The summed E-state index contributed by atoms with van der Waals surface area (Å²) in [6.07, 6.45) is 6.16. The number of rotatable bonds is 6. The van der Waals surface area contributed by atoms with Gasteiger partial charge in [-0.25, -0.2) is 8.42 Å². The van der Waals surface area contributed by atoms with Crippen molar-refractivity contribution in [1.29, 1.82) is 0 Å². The SMILES string of the molecule is CN(Cc1cnn(Cc2ccccc2)c1)C(=O)C1CCN(C2CCS(=O)(=O)C2)CC1. The predicted octanol–water partition coefficient (Wildman–Crippen LogP) is 1.79. The average molecular weight is 431 g/mol. The van der Waals surface area contributed by atoms with E-state index in [-0.39, 0.29) is 23.6 Å². The minimum Gasteiger partial charge on any atom is -0.341 e. The van der Waals surface area contributed by atoms with Crippen molar-refractivity contribution in [2.24, 2.45) is 5.92 Å². The van der Waals surface area contributed by atoms with Gasteiger partial charge in [0.1, 0.15) is 0 Å². The van der Waals surface area contributed by atoms with Crippen molar-refractivity contribution in [3.8, 4) is 0 Å². The highest BCUT2D eigenvalue weighted by molar-refractivity contribution is 7.91. The number of sulfone groups is 1. The van der Waals surface area contributed by atoms with Gasteiger partial charge in [0.15, 0.2) is 9.84 Å². The van der Waals surface area contributed by atoms with Gasteiger partial charge in [-0.2, -0.15) is 5.10 Å². The first-order chi connectivity index (χ1) is 14.4. The van der Waals surface area contributed by atoms with E-state index in [4.69, 9.17) is 0 Å². The van der Waals surface area contributed by atoms with Gasteiger partial charge in [0, 0.05) is 37.3 Å². The molecule has 0 spiro atoms. The first-order valence-corrected chi connectivity index (χ1v) is 12.5. The Kier molecular flexibility index (Phi) is 6.24. The van der Waals surface area contributed by atoms with E-state index in [0.717, 1.165) is 37.9 Å². The van der Waals surface area contributed by atoms with Crippen LogP contribution < -0.4 is 0 Å². The van der Waals surface area contributed by atoms with Gasteiger partial charge >= 0.3 is 0 Å². The molecule has 2 aliphatic rings. The lowest BCUT2D eigenvalue weighted by atomic mass is 9.94. The third-order valence-electron chi connectivity index (χ3n) is 6.27. The van der Waals surface area contributed by atoms with Crippen LogP contribution in [0, 0.1) is 5.92 Å². The van der Waals surface area contributed by atoms with Gasteiger partial charge in [0.25, 0.3) is 0 Å². The molecular weight excluding hydrogens is 400 g/mol. The fourth-order valence-corrected chi connectivity index (χ4v) is 6.34. The quantitative estimate of drug-likeness (QED) is 0.698. The van der Waals surface area contributed by atoms with Crippen molar-refractivity contribution in [2.45, 2.75) is 38.4 Å². The van der Waals surface area contributed by atoms with Crippen molar-refractivity contribution in [1.82, 2.24) is 19.6 Å². The zero-order chi connectivity index (χ0) is 21.1. The van der Waals surface area contributed by atoms with E-state index in [0.29, 0.717) is 18.8 Å². The van der Waals surface area contributed by atoms with E-state index in [9.17, 15) is 13.2 Å². The summed E-state index contributed by atoms with van der Waals surface area (Å²) in [5, 5.41) is 4.43. The number of likely N-dealkylation sites (tertiary alicyclic amines) is 1. The largest absolute Gasteiger partial charge is 0.341 e. The molecule has 162 valence electrons. The molecule has 3 heterocycles. The van der Waals surface area contributed by atoms with Crippen molar-refractivity contribution in [2.75, 3.05) is 31.6 Å². The summed E-state index contributed by atoms with van der Waals surface area (Å²) >= 11 is 0. The maximum absolute atomic E-state index is 12.9. The van der Waals surface area contributed by atoms with Crippen LogP contribution in [0.25, 0.3) is 0 Å². The lowest BCUT2D eigenvalue weighted by molar-refractivity contribution is -0.136. The molecule has 1 aromatic carbocycles. The summed E-state index contributed by atoms with van der Waals surface area (Å²) in [4.78, 5) is 17.0. The van der Waals surface area contributed by atoms with E-state index < -0.39 is 9.84 Å². The van der Waals surface area contributed by atoms with Crippen molar-refractivity contribution in [3.05, 3.63) is 53.9 Å². The van der Waals surface area contributed by atoms with Crippen LogP contribution in [-0.2, 0) is 27.7 Å². The first-order valence-electron chi connectivity index (χ1n) is 10.6. The molecule has 1 aromatic heterocycles. The fourth-order valence-electron chi connectivity index (χ4n) is 4.58. The Morgan fingerprint density at radius 1 is 1.13 bits per heavy atom. The highest BCUT2D eigenvalue weighted by Gasteiger charge is 2.35. The van der Waals surface area contributed by atoms with Crippen LogP contribution in [0.1, 0.15) is 30.4 Å². The lowest BCUT2D eigenvalue weighted by Crippen LogP contribution is -2.45. The number of hydrogen-bond acceptors (Lipinski definition) is 5. The third kappa shape index (κ3) is 5.10. The smallest absolute Gasteiger partial charge is 0.225 e. The van der Waals surface area contributed by atoms with Crippen LogP contribution in [0.4, 0.5) is 0 Å². The molecule has 0 aliphatic carbocycles. The maximum Gasteiger partial charge on any atom is 0.225 e. The normalized spacial score (nSPS) is 22.2. The Morgan fingerprint density at radius 2 is 1.87 bits per heavy atom. The molecule has 1 unspecified atom stereocenters. The van der Waals surface area contributed by atoms with Crippen LogP contribution in [0.15, 0.2) is 42.7 Å². The fraction of sp³-hybridized carbons (Fsp3) is 0.545. The Morgan fingerprint density at radius 3 is 2.53 bits per heavy atom. The molecule has 1 amide bonds. The predicted molar refractivity (Wildman–Crippen MR) is 116 cm³/mol. The van der Waals surface area contributed by atoms with Gasteiger partial charge in [-0.1, -0.05) is 30.3 Å². The van der Waals surface area contributed by atoms with Crippen molar-refractivity contribution in [3.63, 3.8) is 0 Å². The zero-order valence-corrected chi connectivity index (χ0v) is 18.3. The monoisotopic (exact) mass is 430 g/mol. The van der Waals surface area contributed by atoms with Gasteiger partial charge in [-0.3, -0.25) is 14.4 Å². The first kappa shape index (κ1) is 21.1. The number of piperidine rings is 1. The summed E-state index contributed by atoms with van der Waals surface area (Å²) in [7, 11) is -1.01. The number of carbonyl (C=O) groups excluding carboxylic acids is 1. The van der Waals surface area contributed by atoms with E-state index in [2.05, 4.69) is 22.1 Å². The summed E-state index contributed by atoms with van der Waals surface area (Å²) in [5.41, 5.74) is 2.22. The standard InChI is InChI=1S/C22H30N4O3S/c1-24(14-19-13-23-26(16-19)15-18-5-3-2-4-6-18)22(27)20-7-10-25(11-8-20)21-9-12-30(28,29)17-21/h2-6,13,16,20-21H,7-12,14-15,17H2,1H3. The van der Waals surface area contributed by atoms with E-state index >= 15 is 0 Å². The summed E-state index contributed by atoms with van der Waals surface area (Å²) in [6, 6.07) is 10.3. The van der Waals surface area contributed by atoms with Crippen LogP contribution in [0.3, 0.4) is 0 Å². The summed E-state index contributed by atoms with van der Waals surface area (Å²) in [6.45, 7) is 2.88.